The molecule has 1 amide bonds. The van der Waals surface area contributed by atoms with Crippen molar-refractivity contribution in [2.24, 2.45) is 0 Å². The van der Waals surface area contributed by atoms with E-state index in [-0.39, 0.29) is 27.9 Å². The Kier molecular flexibility index (Phi) is 7.77. The second kappa shape index (κ2) is 10.6. The van der Waals surface area contributed by atoms with Gasteiger partial charge in [-0.15, -0.1) is 11.3 Å². The SMILES string of the molecule is O=C(O)C[C@@H](NC(=O)[C@@H]1CCCN1S(=O)(=O)c1cc(Cl)cc(Cl)c1)c1ccc(-c2nccs2)cc1. The van der Waals surface area contributed by atoms with Gasteiger partial charge >= 0.3 is 5.97 Å². The van der Waals surface area contributed by atoms with Crippen molar-refractivity contribution in [1.29, 1.82) is 0 Å². The van der Waals surface area contributed by atoms with Gasteiger partial charge < -0.3 is 10.4 Å². The molecule has 184 valence electrons. The van der Waals surface area contributed by atoms with Gasteiger partial charge in [0.15, 0.2) is 0 Å². The van der Waals surface area contributed by atoms with Crippen LogP contribution in [-0.4, -0.2) is 47.3 Å². The van der Waals surface area contributed by atoms with E-state index < -0.39 is 34.0 Å². The molecule has 2 N–H and O–H groups in total. The van der Waals surface area contributed by atoms with Crippen molar-refractivity contribution in [2.75, 3.05) is 6.54 Å². The third-order valence-electron chi connectivity index (χ3n) is 5.64. The van der Waals surface area contributed by atoms with Crippen LogP contribution in [0.15, 0.2) is 58.9 Å². The zero-order valence-corrected chi connectivity index (χ0v) is 21.4. The van der Waals surface area contributed by atoms with Gasteiger partial charge in [-0.25, -0.2) is 13.4 Å². The fourth-order valence-electron chi connectivity index (χ4n) is 4.02. The van der Waals surface area contributed by atoms with E-state index in [2.05, 4.69) is 10.3 Å². The van der Waals surface area contributed by atoms with E-state index in [0.717, 1.165) is 14.9 Å². The third kappa shape index (κ3) is 5.84. The molecule has 0 unspecified atom stereocenters. The van der Waals surface area contributed by atoms with Gasteiger partial charge in [0.05, 0.1) is 17.4 Å². The van der Waals surface area contributed by atoms with Gasteiger partial charge in [0, 0.05) is 33.7 Å². The molecule has 35 heavy (non-hydrogen) atoms. The van der Waals surface area contributed by atoms with Crippen molar-refractivity contribution in [2.45, 2.75) is 36.2 Å². The maximum atomic E-state index is 13.3. The molecule has 0 bridgehead atoms. The highest BCUT2D eigenvalue weighted by Gasteiger charge is 2.40. The van der Waals surface area contributed by atoms with Gasteiger partial charge in [0.2, 0.25) is 15.9 Å². The summed E-state index contributed by atoms with van der Waals surface area (Å²) in [5.74, 6) is -1.65. The number of hydrogen-bond donors (Lipinski definition) is 2. The zero-order chi connectivity index (χ0) is 25.2. The summed E-state index contributed by atoms with van der Waals surface area (Å²) in [5, 5.41) is 15.2. The van der Waals surface area contributed by atoms with Gasteiger partial charge in [-0.1, -0.05) is 47.5 Å². The smallest absolute Gasteiger partial charge is 0.305 e. The molecule has 2 heterocycles. The van der Waals surface area contributed by atoms with Crippen LogP contribution in [0.25, 0.3) is 10.6 Å². The van der Waals surface area contributed by atoms with Gasteiger partial charge in [0.25, 0.3) is 0 Å². The summed E-state index contributed by atoms with van der Waals surface area (Å²) in [6.07, 6.45) is 2.13. The Morgan fingerprint density at radius 3 is 2.46 bits per heavy atom. The fraction of sp³-hybridized carbons (Fsp3) is 0.261. The Morgan fingerprint density at radius 2 is 1.86 bits per heavy atom. The molecule has 0 radical (unpaired) electrons. The highest BCUT2D eigenvalue weighted by Crippen LogP contribution is 2.31. The largest absolute Gasteiger partial charge is 0.481 e. The first-order chi connectivity index (χ1) is 16.6. The first-order valence-electron chi connectivity index (χ1n) is 10.6. The Hall–Kier alpha value is -2.50. The predicted octanol–water partition coefficient (Wildman–Crippen LogP) is 4.60. The van der Waals surface area contributed by atoms with Crippen LogP contribution >= 0.6 is 34.5 Å². The number of aromatic nitrogens is 1. The number of halogens is 2. The van der Waals surface area contributed by atoms with E-state index in [1.807, 2.05) is 17.5 Å². The topological polar surface area (TPSA) is 117 Å². The van der Waals surface area contributed by atoms with Crippen molar-refractivity contribution in [3.63, 3.8) is 0 Å². The van der Waals surface area contributed by atoms with E-state index in [4.69, 9.17) is 23.2 Å². The summed E-state index contributed by atoms with van der Waals surface area (Å²) in [6, 6.07) is 9.27. The monoisotopic (exact) mass is 553 g/mol. The number of thiazole rings is 1. The molecule has 0 spiro atoms. The lowest BCUT2D eigenvalue weighted by molar-refractivity contribution is -0.137. The Bertz CT molecular complexity index is 1310. The van der Waals surface area contributed by atoms with Crippen molar-refractivity contribution in [3.05, 3.63) is 69.7 Å². The summed E-state index contributed by atoms with van der Waals surface area (Å²) < 4.78 is 27.7. The van der Waals surface area contributed by atoms with E-state index >= 15 is 0 Å². The number of nitrogens with zero attached hydrogens (tertiary/aromatic N) is 2. The lowest BCUT2D eigenvalue weighted by Gasteiger charge is -2.26. The number of carboxylic acid groups (broad SMARTS) is 1. The maximum Gasteiger partial charge on any atom is 0.305 e. The number of aliphatic carboxylic acids is 1. The lowest BCUT2D eigenvalue weighted by atomic mass is 10.0. The highest BCUT2D eigenvalue weighted by molar-refractivity contribution is 7.89. The summed E-state index contributed by atoms with van der Waals surface area (Å²) >= 11 is 13.4. The van der Waals surface area contributed by atoms with Crippen molar-refractivity contribution >= 4 is 56.4 Å². The molecule has 2 atom stereocenters. The standard InChI is InChI=1S/C23H21Cl2N3O5S2/c24-16-10-17(25)12-18(11-16)35(32,33)28-8-1-2-20(28)22(31)27-19(13-21(29)30)14-3-5-15(6-4-14)23-26-7-9-34-23/h3-7,9-12,19-20H,1-2,8,13H2,(H,27,31)(H,29,30)/t19-,20+/m1/s1. The summed E-state index contributed by atoms with van der Waals surface area (Å²) in [6.45, 7) is 0.149. The number of carbonyl (C=O) groups excluding carboxylic acids is 1. The predicted molar refractivity (Wildman–Crippen MR) is 134 cm³/mol. The van der Waals surface area contributed by atoms with Crippen LogP contribution in [0.3, 0.4) is 0 Å². The van der Waals surface area contributed by atoms with Crippen LogP contribution in [0.5, 0.6) is 0 Å². The van der Waals surface area contributed by atoms with Crippen molar-refractivity contribution in [3.8, 4) is 10.6 Å². The second-order valence-corrected chi connectivity index (χ2v) is 11.7. The molecular weight excluding hydrogens is 533 g/mol. The van der Waals surface area contributed by atoms with Crippen LogP contribution in [-0.2, 0) is 19.6 Å². The molecule has 8 nitrogen and oxygen atoms in total. The Balaban J connectivity index is 1.56. The molecule has 0 saturated carbocycles. The average molecular weight is 554 g/mol. The van der Waals surface area contributed by atoms with Crippen LogP contribution in [0, 0.1) is 0 Å². The van der Waals surface area contributed by atoms with Crippen LogP contribution in [0.1, 0.15) is 30.9 Å². The molecule has 1 fully saturated rings. The van der Waals surface area contributed by atoms with E-state index in [1.165, 1.54) is 29.5 Å². The number of nitrogens with one attached hydrogen (secondary N) is 1. The first-order valence-corrected chi connectivity index (χ1v) is 13.7. The molecule has 2 aromatic carbocycles. The number of carbonyl (C=O) groups is 2. The number of hydrogen-bond acceptors (Lipinski definition) is 6. The summed E-state index contributed by atoms with van der Waals surface area (Å²) in [7, 11) is -4.05. The van der Waals surface area contributed by atoms with Crippen molar-refractivity contribution in [1.82, 2.24) is 14.6 Å². The fourth-order valence-corrected chi connectivity index (χ4v) is 7.05. The lowest BCUT2D eigenvalue weighted by Crippen LogP contribution is -2.47. The van der Waals surface area contributed by atoms with E-state index in [0.29, 0.717) is 18.4 Å². The summed E-state index contributed by atoms with van der Waals surface area (Å²) in [5.41, 5.74) is 1.47. The molecule has 12 heteroatoms. The van der Waals surface area contributed by atoms with Gasteiger partial charge in [-0.05, 0) is 36.6 Å². The minimum absolute atomic E-state index is 0.102. The number of rotatable bonds is 8. The van der Waals surface area contributed by atoms with Crippen molar-refractivity contribution < 1.29 is 23.1 Å². The average Bonchev–Trinajstić information content (AvgIpc) is 3.50. The number of benzene rings is 2. The molecule has 3 aromatic rings. The number of sulfonamides is 1. The second-order valence-electron chi connectivity index (χ2n) is 8.00. The first kappa shape index (κ1) is 25.6. The number of carboxylic acids is 1. The van der Waals surface area contributed by atoms with Gasteiger partial charge in [-0.2, -0.15) is 4.31 Å². The Labute approximate surface area is 216 Å². The van der Waals surface area contributed by atoms with E-state index in [1.54, 1.807) is 18.3 Å². The zero-order valence-electron chi connectivity index (χ0n) is 18.2. The van der Waals surface area contributed by atoms with Gasteiger partial charge in [0.1, 0.15) is 11.0 Å². The molecule has 1 aliphatic rings. The Morgan fingerprint density at radius 1 is 1.17 bits per heavy atom. The highest BCUT2D eigenvalue weighted by atomic mass is 35.5. The minimum Gasteiger partial charge on any atom is -0.481 e. The van der Waals surface area contributed by atoms with Crippen LogP contribution < -0.4 is 5.32 Å². The van der Waals surface area contributed by atoms with Gasteiger partial charge in [-0.3, -0.25) is 9.59 Å². The molecule has 1 saturated heterocycles. The molecule has 0 aliphatic carbocycles. The minimum atomic E-state index is -4.05. The molecule has 4 rings (SSSR count). The van der Waals surface area contributed by atoms with E-state index in [9.17, 15) is 23.1 Å². The molecular formula is C23H21Cl2N3O5S2. The summed E-state index contributed by atoms with van der Waals surface area (Å²) in [4.78, 5) is 28.9. The maximum absolute atomic E-state index is 13.3. The van der Waals surface area contributed by atoms with Crippen LogP contribution in [0.4, 0.5) is 0 Å². The normalized spacial score (nSPS) is 17.3. The van der Waals surface area contributed by atoms with Crippen LogP contribution in [0.2, 0.25) is 10.0 Å². The third-order valence-corrected chi connectivity index (χ3v) is 8.78. The molecule has 1 aromatic heterocycles. The quantitative estimate of drug-likeness (QED) is 0.421. The molecule has 1 aliphatic heterocycles. The number of amides is 1.